The van der Waals surface area contributed by atoms with E-state index < -0.39 is 0 Å². The molecule has 3 aliphatic rings. The third-order valence-corrected chi connectivity index (χ3v) is 4.86. The Balaban J connectivity index is 1.47. The van der Waals surface area contributed by atoms with Gasteiger partial charge in [0.15, 0.2) is 0 Å². The molecule has 1 N–H and O–H groups in total. The number of hydrogen-bond acceptors (Lipinski definition) is 2. The summed E-state index contributed by atoms with van der Waals surface area (Å²) in [5.41, 5.74) is 1.34. The van der Waals surface area contributed by atoms with Gasteiger partial charge < -0.3 is 4.90 Å². The first-order valence-electron chi connectivity index (χ1n) is 7.94. The summed E-state index contributed by atoms with van der Waals surface area (Å²) in [6.45, 7) is 0.952. The number of carbonyl (C=O) groups excluding carboxylic acids is 1. The van der Waals surface area contributed by atoms with Gasteiger partial charge in [-0.15, -0.1) is 0 Å². The Morgan fingerprint density at radius 3 is 2.45 bits per heavy atom. The standard InChI is InChI=1S/C17H22N2O/c20-17-15(10-11-19(17)14-8-9-14)18-16(13-6-7-13)12-4-2-1-3-5-12/h1-5,13-16,18H,6-11H2/t15-,16+/m0/s1. The fourth-order valence-electron chi connectivity index (χ4n) is 3.42. The molecule has 2 aliphatic carbocycles. The van der Waals surface area contributed by atoms with Crippen LogP contribution in [0, 0.1) is 5.92 Å². The van der Waals surface area contributed by atoms with Crippen molar-refractivity contribution >= 4 is 5.91 Å². The largest absolute Gasteiger partial charge is 0.338 e. The van der Waals surface area contributed by atoms with Gasteiger partial charge in [0.2, 0.25) is 5.91 Å². The van der Waals surface area contributed by atoms with Gasteiger partial charge in [-0.1, -0.05) is 30.3 Å². The van der Waals surface area contributed by atoms with Gasteiger partial charge in [-0.2, -0.15) is 0 Å². The van der Waals surface area contributed by atoms with Crippen molar-refractivity contribution < 1.29 is 4.79 Å². The Labute approximate surface area is 120 Å². The van der Waals surface area contributed by atoms with E-state index in [-0.39, 0.29) is 6.04 Å². The lowest BCUT2D eigenvalue weighted by Crippen LogP contribution is -2.41. The number of carbonyl (C=O) groups is 1. The highest BCUT2D eigenvalue weighted by atomic mass is 16.2. The number of nitrogens with zero attached hydrogens (tertiary/aromatic N) is 1. The normalized spacial score (nSPS) is 27.9. The van der Waals surface area contributed by atoms with E-state index >= 15 is 0 Å². The minimum atomic E-state index is 0.0430. The monoisotopic (exact) mass is 270 g/mol. The van der Waals surface area contributed by atoms with E-state index in [9.17, 15) is 4.79 Å². The molecule has 3 nitrogen and oxygen atoms in total. The van der Waals surface area contributed by atoms with E-state index in [0.717, 1.165) is 18.9 Å². The number of nitrogens with one attached hydrogen (secondary N) is 1. The van der Waals surface area contributed by atoms with Crippen LogP contribution in [0.25, 0.3) is 0 Å². The van der Waals surface area contributed by atoms with E-state index in [1.807, 2.05) is 0 Å². The molecule has 0 spiro atoms. The number of hydrogen-bond donors (Lipinski definition) is 1. The summed E-state index contributed by atoms with van der Waals surface area (Å²) in [7, 11) is 0. The van der Waals surface area contributed by atoms with Gasteiger partial charge in [0.25, 0.3) is 0 Å². The quantitative estimate of drug-likeness (QED) is 0.891. The lowest BCUT2D eigenvalue weighted by molar-refractivity contribution is -0.130. The third kappa shape index (κ3) is 2.35. The highest BCUT2D eigenvalue weighted by molar-refractivity contribution is 5.84. The van der Waals surface area contributed by atoms with Gasteiger partial charge in [0, 0.05) is 18.6 Å². The zero-order valence-corrected chi connectivity index (χ0v) is 11.8. The van der Waals surface area contributed by atoms with Crippen LogP contribution in [0.1, 0.15) is 43.7 Å². The summed E-state index contributed by atoms with van der Waals surface area (Å²) in [6.07, 6.45) is 5.98. The minimum Gasteiger partial charge on any atom is -0.338 e. The topological polar surface area (TPSA) is 32.3 Å². The van der Waals surface area contributed by atoms with E-state index in [1.165, 1.54) is 31.2 Å². The van der Waals surface area contributed by atoms with Crippen molar-refractivity contribution in [2.45, 2.75) is 50.2 Å². The van der Waals surface area contributed by atoms with Crippen molar-refractivity contribution in [2.75, 3.05) is 6.54 Å². The first kappa shape index (κ1) is 12.4. The molecule has 2 atom stereocenters. The number of rotatable bonds is 5. The molecule has 3 heteroatoms. The Bertz CT molecular complexity index is 493. The average molecular weight is 270 g/mol. The summed E-state index contributed by atoms with van der Waals surface area (Å²) in [5.74, 6) is 1.06. The van der Waals surface area contributed by atoms with Crippen molar-refractivity contribution in [1.82, 2.24) is 10.2 Å². The minimum absolute atomic E-state index is 0.0430. The molecule has 3 fully saturated rings. The van der Waals surface area contributed by atoms with E-state index in [1.54, 1.807) is 0 Å². The van der Waals surface area contributed by atoms with Crippen molar-refractivity contribution in [3.8, 4) is 0 Å². The molecule has 4 rings (SSSR count). The molecule has 20 heavy (non-hydrogen) atoms. The molecule has 0 aromatic heterocycles. The number of likely N-dealkylation sites (tertiary alicyclic amines) is 1. The van der Waals surface area contributed by atoms with Crippen molar-refractivity contribution in [2.24, 2.45) is 5.92 Å². The summed E-state index contributed by atoms with van der Waals surface area (Å²) in [6, 6.07) is 11.6. The van der Waals surface area contributed by atoms with Gasteiger partial charge in [-0.25, -0.2) is 0 Å². The summed E-state index contributed by atoms with van der Waals surface area (Å²) in [5, 5.41) is 3.67. The Morgan fingerprint density at radius 2 is 1.80 bits per heavy atom. The van der Waals surface area contributed by atoms with Crippen LogP contribution in [0.4, 0.5) is 0 Å². The van der Waals surface area contributed by atoms with Crippen LogP contribution in [0.15, 0.2) is 30.3 Å². The second-order valence-electron chi connectivity index (χ2n) is 6.50. The lowest BCUT2D eigenvalue weighted by Gasteiger charge is -2.23. The molecule has 1 amide bonds. The van der Waals surface area contributed by atoms with Gasteiger partial charge >= 0.3 is 0 Å². The molecule has 1 aromatic rings. The van der Waals surface area contributed by atoms with Gasteiger partial charge in [-0.05, 0) is 43.6 Å². The molecular weight excluding hydrogens is 248 g/mol. The molecule has 1 saturated heterocycles. The zero-order chi connectivity index (χ0) is 13.5. The highest BCUT2D eigenvalue weighted by Crippen LogP contribution is 2.42. The van der Waals surface area contributed by atoms with Crippen molar-refractivity contribution in [3.05, 3.63) is 35.9 Å². The molecule has 2 saturated carbocycles. The lowest BCUT2D eigenvalue weighted by atomic mass is 10.0. The first-order chi connectivity index (χ1) is 9.83. The Kier molecular flexibility index (Phi) is 3.03. The molecular formula is C17H22N2O. The molecule has 0 radical (unpaired) electrons. The Morgan fingerprint density at radius 1 is 1.05 bits per heavy atom. The van der Waals surface area contributed by atoms with Crippen LogP contribution >= 0.6 is 0 Å². The first-order valence-corrected chi connectivity index (χ1v) is 7.94. The van der Waals surface area contributed by atoms with Crippen LogP contribution in [0.3, 0.4) is 0 Å². The molecule has 1 aromatic carbocycles. The summed E-state index contributed by atoms with van der Waals surface area (Å²) >= 11 is 0. The highest BCUT2D eigenvalue weighted by Gasteiger charge is 2.42. The number of benzene rings is 1. The van der Waals surface area contributed by atoms with E-state index in [4.69, 9.17) is 0 Å². The maximum Gasteiger partial charge on any atom is 0.240 e. The van der Waals surface area contributed by atoms with E-state index in [0.29, 0.717) is 18.0 Å². The molecule has 0 bridgehead atoms. The summed E-state index contributed by atoms with van der Waals surface area (Å²) in [4.78, 5) is 14.6. The van der Waals surface area contributed by atoms with Crippen LogP contribution in [-0.4, -0.2) is 29.4 Å². The maximum atomic E-state index is 12.5. The number of amides is 1. The Hall–Kier alpha value is -1.35. The second kappa shape index (κ2) is 4.88. The third-order valence-electron chi connectivity index (χ3n) is 4.86. The fourth-order valence-corrected chi connectivity index (χ4v) is 3.42. The smallest absolute Gasteiger partial charge is 0.240 e. The van der Waals surface area contributed by atoms with E-state index in [2.05, 4.69) is 40.5 Å². The van der Waals surface area contributed by atoms with Crippen LogP contribution in [-0.2, 0) is 4.79 Å². The maximum absolute atomic E-state index is 12.5. The van der Waals surface area contributed by atoms with Crippen molar-refractivity contribution in [3.63, 3.8) is 0 Å². The van der Waals surface area contributed by atoms with Gasteiger partial charge in [-0.3, -0.25) is 10.1 Å². The van der Waals surface area contributed by atoms with Gasteiger partial charge in [0.1, 0.15) is 0 Å². The average Bonchev–Trinajstić information content (AvgIpc) is 3.37. The van der Waals surface area contributed by atoms with Crippen molar-refractivity contribution in [1.29, 1.82) is 0 Å². The zero-order valence-electron chi connectivity index (χ0n) is 11.8. The fraction of sp³-hybridized carbons (Fsp3) is 0.588. The molecule has 0 unspecified atom stereocenters. The van der Waals surface area contributed by atoms with Crippen LogP contribution in [0.5, 0.6) is 0 Å². The predicted octanol–water partition coefficient (Wildman–Crippen LogP) is 2.49. The van der Waals surface area contributed by atoms with Crippen LogP contribution < -0.4 is 5.32 Å². The predicted molar refractivity (Wildman–Crippen MR) is 78.2 cm³/mol. The van der Waals surface area contributed by atoms with Gasteiger partial charge in [0.05, 0.1) is 6.04 Å². The van der Waals surface area contributed by atoms with Crippen LogP contribution in [0.2, 0.25) is 0 Å². The molecule has 106 valence electrons. The summed E-state index contributed by atoms with van der Waals surface area (Å²) < 4.78 is 0. The SMILES string of the molecule is O=C1[C@@H](N[C@H](c2ccccc2)C2CC2)CCN1C1CC1. The molecule has 1 heterocycles. The molecule has 1 aliphatic heterocycles. The second-order valence-corrected chi connectivity index (χ2v) is 6.50.